The van der Waals surface area contributed by atoms with Crippen molar-refractivity contribution < 1.29 is 9.47 Å². The summed E-state index contributed by atoms with van der Waals surface area (Å²) in [5.74, 6) is 1.02. The van der Waals surface area contributed by atoms with Crippen LogP contribution in [0, 0.1) is 0 Å². The summed E-state index contributed by atoms with van der Waals surface area (Å²) in [7, 11) is 0. The molecule has 0 amide bonds. The molecule has 116 valence electrons. The van der Waals surface area contributed by atoms with Crippen molar-refractivity contribution in [2.45, 2.75) is 63.5 Å². The van der Waals surface area contributed by atoms with Crippen LogP contribution < -0.4 is 10.5 Å². The predicted octanol–water partition coefficient (Wildman–Crippen LogP) is 3.71. The Morgan fingerprint density at radius 1 is 1.33 bits per heavy atom. The second-order valence-electron chi connectivity index (χ2n) is 7.10. The highest BCUT2D eigenvalue weighted by Crippen LogP contribution is 2.39. The van der Waals surface area contributed by atoms with Gasteiger partial charge in [0.1, 0.15) is 5.75 Å². The van der Waals surface area contributed by atoms with Crippen LogP contribution in [0.1, 0.15) is 63.1 Å². The van der Waals surface area contributed by atoms with E-state index < -0.39 is 0 Å². The number of fused-ring (bicyclic) bond motifs is 1. The number of nitrogens with two attached hydrogens (primary N) is 1. The minimum Gasteiger partial charge on any atom is -0.492 e. The molecule has 3 rings (SSSR count). The van der Waals surface area contributed by atoms with Crippen LogP contribution >= 0.6 is 0 Å². The van der Waals surface area contributed by atoms with Gasteiger partial charge in [-0.2, -0.15) is 0 Å². The summed E-state index contributed by atoms with van der Waals surface area (Å²) in [5.41, 5.74) is 9.01. The van der Waals surface area contributed by atoms with Crippen molar-refractivity contribution in [2.24, 2.45) is 5.73 Å². The monoisotopic (exact) mass is 289 g/mol. The Morgan fingerprint density at radius 2 is 2.19 bits per heavy atom. The van der Waals surface area contributed by atoms with Crippen LogP contribution in [0.25, 0.3) is 0 Å². The average molecular weight is 289 g/mol. The average Bonchev–Trinajstić information content (AvgIpc) is 2.81. The molecule has 0 aromatic heterocycles. The Kier molecular flexibility index (Phi) is 4.23. The molecule has 0 bridgehead atoms. The molecule has 2 heterocycles. The molecule has 2 aliphatic rings. The zero-order valence-corrected chi connectivity index (χ0v) is 13.2. The standard InChI is InChI=1S/C18H27NO2/c1-18(2)12-21-17-9-6-13(11-15(17)18)16(19)8-7-14-5-3-4-10-20-14/h6,9,11,14,16H,3-5,7-8,10,12,19H2,1-2H3. The van der Waals surface area contributed by atoms with Crippen molar-refractivity contribution in [3.8, 4) is 5.75 Å². The highest BCUT2D eigenvalue weighted by molar-refractivity contribution is 5.45. The fraction of sp³-hybridized carbons (Fsp3) is 0.667. The Bertz CT molecular complexity index is 492. The van der Waals surface area contributed by atoms with E-state index in [-0.39, 0.29) is 11.5 Å². The number of hydrogen-bond donors (Lipinski definition) is 1. The van der Waals surface area contributed by atoms with Gasteiger partial charge in [0.25, 0.3) is 0 Å². The van der Waals surface area contributed by atoms with E-state index in [2.05, 4.69) is 32.0 Å². The van der Waals surface area contributed by atoms with Gasteiger partial charge < -0.3 is 15.2 Å². The van der Waals surface area contributed by atoms with Crippen molar-refractivity contribution in [2.75, 3.05) is 13.2 Å². The lowest BCUT2D eigenvalue weighted by Gasteiger charge is -2.24. The van der Waals surface area contributed by atoms with E-state index in [9.17, 15) is 0 Å². The SMILES string of the molecule is CC1(C)COc2ccc(C(N)CCC3CCCCO3)cc21. The summed E-state index contributed by atoms with van der Waals surface area (Å²) in [4.78, 5) is 0. The zero-order chi connectivity index (χ0) is 14.9. The van der Waals surface area contributed by atoms with Gasteiger partial charge in [-0.1, -0.05) is 19.9 Å². The van der Waals surface area contributed by atoms with E-state index in [0.29, 0.717) is 6.10 Å². The Labute approximate surface area is 127 Å². The third-order valence-corrected chi connectivity index (χ3v) is 4.82. The van der Waals surface area contributed by atoms with Crippen molar-refractivity contribution >= 4 is 0 Å². The first kappa shape index (κ1) is 14.9. The Hall–Kier alpha value is -1.06. The summed E-state index contributed by atoms with van der Waals surface area (Å²) in [6.45, 7) is 6.13. The van der Waals surface area contributed by atoms with Crippen LogP contribution in [-0.2, 0) is 10.2 Å². The summed E-state index contributed by atoms with van der Waals surface area (Å²) in [5, 5.41) is 0. The van der Waals surface area contributed by atoms with Gasteiger partial charge in [0.2, 0.25) is 0 Å². The molecule has 1 aromatic rings. The minimum atomic E-state index is 0.0947. The smallest absolute Gasteiger partial charge is 0.123 e. The van der Waals surface area contributed by atoms with Gasteiger partial charge in [0.05, 0.1) is 12.7 Å². The van der Waals surface area contributed by atoms with Gasteiger partial charge in [0, 0.05) is 23.6 Å². The normalized spacial score (nSPS) is 25.2. The molecular weight excluding hydrogens is 262 g/mol. The fourth-order valence-electron chi connectivity index (χ4n) is 3.34. The van der Waals surface area contributed by atoms with Gasteiger partial charge in [0.15, 0.2) is 0 Å². The van der Waals surface area contributed by atoms with Gasteiger partial charge in [-0.25, -0.2) is 0 Å². The molecule has 0 spiro atoms. The second kappa shape index (κ2) is 5.98. The van der Waals surface area contributed by atoms with E-state index in [1.54, 1.807) is 0 Å². The minimum absolute atomic E-state index is 0.0947. The molecule has 2 aliphatic heterocycles. The number of rotatable bonds is 4. The van der Waals surface area contributed by atoms with Crippen molar-refractivity contribution in [1.29, 1.82) is 0 Å². The van der Waals surface area contributed by atoms with Crippen LogP contribution in [0.15, 0.2) is 18.2 Å². The quantitative estimate of drug-likeness (QED) is 0.919. The maximum atomic E-state index is 6.40. The molecule has 2 atom stereocenters. The lowest BCUT2D eigenvalue weighted by Crippen LogP contribution is -2.22. The molecule has 3 heteroatoms. The lowest BCUT2D eigenvalue weighted by atomic mass is 9.85. The molecular formula is C18H27NO2. The van der Waals surface area contributed by atoms with Crippen LogP contribution in [0.2, 0.25) is 0 Å². The van der Waals surface area contributed by atoms with Gasteiger partial charge in [-0.15, -0.1) is 0 Å². The zero-order valence-electron chi connectivity index (χ0n) is 13.2. The van der Waals surface area contributed by atoms with Crippen molar-refractivity contribution in [1.82, 2.24) is 0 Å². The van der Waals surface area contributed by atoms with Crippen molar-refractivity contribution in [3.05, 3.63) is 29.3 Å². The molecule has 0 radical (unpaired) electrons. The van der Waals surface area contributed by atoms with E-state index in [1.165, 1.54) is 30.4 Å². The third-order valence-electron chi connectivity index (χ3n) is 4.82. The number of hydrogen-bond acceptors (Lipinski definition) is 3. The first-order valence-corrected chi connectivity index (χ1v) is 8.21. The third kappa shape index (κ3) is 3.24. The molecule has 21 heavy (non-hydrogen) atoms. The Morgan fingerprint density at radius 3 is 2.95 bits per heavy atom. The molecule has 0 saturated carbocycles. The maximum absolute atomic E-state index is 6.40. The van der Waals surface area contributed by atoms with Crippen LogP contribution in [0.5, 0.6) is 5.75 Å². The number of ether oxygens (including phenoxy) is 2. The van der Waals surface area contributed by atoms with Gasteiger partial charge >= 0.3 is 0 Å². The first-order chi connectivity index (χ1) is 10.1. The highest BCUT2D eigenvalue weighted by Gasteiger charge is 2.32. The summed E-state index contributed by atoms with van der Waals surface area (Å²) in [6, 6.07) is 6.54. The topological polar surface area (TPSA) is 44.5 Å². The Balaban J connectivity index is 1.63. The molecule has 2 N–H and O–H groups in total. The molecule has 0 aliphatic carbocycles. The van der Waals surface area contributed by atoms with Gasteiger partial charge in [-0.05, 0) is 49.8 Å². The second-order valence-corrected chi connectivity index (χ2v) is 7.10. The lowest BCUT2D eigenvalue weighted by molar-refractivity contribution is 0.00912. The fourth-order valence-corrected chi connectivity index (χ4v) is 3.34. The van der Waals surface area contributed by atoms with Crippen LogP contribution in [0.3, 0.4) is 0 Å². The van der Waals surface area contributed by atoms with E-state index >= 15 is 0 Å². The predicted molar refractivity (Wildman–Crippen MR) is 84.7 cm³/mol. The summed E-state index contributed by atoms with van der Waals surface area (Å²) < 4.78 is 11.5. The van der Waals surface area contributed by atoms with E-state index in [4.69, 9.17) is 15.2 Å². The highest BCUT2D eigenvalue weighted by atomic mass is 16.5. The molecule has 1 aromatic carbocycles. The molecule has 2 unspecified atom stereocenters. The largest absolute Gasteiger partial charge is 0.492 e. The molecule has 3 nitrogen and oxygen atoms in total. The molecule has 1 fully saturated rings. The maximum Gasteiger partial charge on any atom is 0.123 e. The number of benzene rings is 1. The van der Waals surface area contributed by atoms with Crippen LogP contribution in [-0.4, -0.2) is 19.3 Å². The van der Waals surface area contributed by atoms with Crippen molar-refractivity contribution in [3.63, 3.8) is 0 Å². The summed E-state index contributed by atoms with van der Waals surface area (Å²) >= 11 is 0. The first-order valence-electron chi connectivity index (χ1n) is 8.21. The van der Waals surface area contributed by atoms with E-state index in [0.717, 1.165) is 31.8 Å². The van der Waals surface area contributed by atoms with Gasteiger partial charge in [-0.3, -0.25) is 0 Å². The molecule has 1 saturated heterocycles. The van der Waals surface area contributed by atoms with E-state index in [1.807, 2.05) is 0 Å². The van der Waals surface area contributed by atoms with Crippen LogP contribution in [0.4, 0.5) is 0 Å². The summed E-state index contributed by atoms with van der Waals surface area (Å²) in [6.07, 6.45) is 6.17.